The molecule has 0 aliphatic heterocycles. The van der Waals surface area contributed by atoms with Gasteiger partial charge >= 0.3 is 0 Å². The Labute approximate surface area is 73.9 Å². The highest BCUT2D eigenvalue weighted by Crippen LogP contribution is 2.27. The summed E-state index contributed by atoms with van der Waals surface area (Å²) in [6.07, 6.45) is 7.15. The molecule has 0 saturated heterocycles. The van der Waals surface area contributed by atoms with Crippen molar-refractivity contribution < 1.29 is 0 Å². The highest BCUT2D eigenvalue weighted by Gasteiger charge is 2.10. The molecular weight excluding hydrogens is 144 g/mol. The predicted molar refractivity (Wildman–Crippen MR) is 52.3 cm³/mol. The number of rotatable bonds is 1. The van der Waals surface area contributed by atoms with Crippen molar-refractivity contribution >= 4 is 0 Å². The number of allylic oxidation sites excluding steroid dienone is 2. The quantitative estimate of drug-likeness (QED) is 0.549. The van der Waals surface area contributed by atoms with Crippen LogP contribution in [0.2, 0.25) is 0 Å². The highest BCUT2D eigenvalue weighted by molar-refractivity contribution is 5.28. The second-order valence-electron chi connectivity index (χ2n) is 3.52. The van der Waals surface area contributed by atoms with Crippen molar-refractivity contribution in [2.75, 3.05) is 0 Å². The predicted octanol–water partition coefficient (Wildman–Crippen LogP) is 3.43. The second-order valence-corrected chi connectivity index (χ2v) is 3.52. The summed E-state index contributed by atoms with van der Waals surface area (Å²) in [5.41, 5.74) is 2.81. The van der Waals surface area contributed by atoms with E-state index in [1.165, 1.54) is 24.0 Å². The van der Waals surface area contributed by atoms with Gasteiger partial charge in [0.25, 0.3) is 0 Å². The van der Waals surface area contributed by atoms with Gasteiger partial charge < -0.3 is 0 Å². The Morgan fingerprint density at radius 1 is 1.17 bits per heavy atom. The minimum Gasteiger partial charge on any atom is -0.0879 e. The van der Waals surface area contributed by atoms with Crippen LogP contribution in [0.25, 0.3) is 0 Å². The molecule has 2 rings (SSSR count). The molecule has 0 amide bonds. The summed E-state index contributed by atoms with van der Waals surface area (Å²) in [5.74, 6) is 0.686. The maximum Gasteiger partial charge on any atom is 0.00209 e. The van der Waals surface area contributed by atoms with E-state index < -0.39 is 0 Å². The summed E-state index contributed by atoms with van der Waals surface area (Å²) >= 11 is 0. The van der Waals surface area contributed by atoms with E-state index in [0.29, 0.717) is 5.92 Å². The van der Waals surface area contributed by atoms with Crippen molar-refractivity contribution in [3.05, 3.63) is 47.5 Å². The van der Waals surface area contributed by atoms with Gasteiger partial charge in [-0.2, -0.15) is 0 Å². The largest absolute Gasteiger partial charge is 0.0879 e. The molecule has 0 radical (unpaired) electrons. The van der Waals surface area contributed by atoms with Gasteiger partial charge in [-0.15, -0.1) is 0 Å². The third-order valence-electron chi connectivity index (χ3n) is 2.52. The summed E-state index contributed by atoms with van der Waals surface area (Å²) in [5, 5.41) is 0. The van der Waals surface area contributed by atoms with Crippen LogP contribution < -0.4 is 0 Å². The molecule has 1 aromatic carbocycles. The Balaban J connectivity index is 2.23. The molecule has 1 aromatic rings. The Morgan fingerprint density at radius 2 is 1.92 bits per heavy atom. The summed E-state index contributed by atoms with van der Waals surface area (Å²) < 4.78 is 0. The summed E-state index contributed by atoms with van der Waals surface area (Å²) in [4.78, 5) is 0. The molecule has 0 saturated carbocycles. The van der Waals surface area contributed by atoms with E-state index in [4.69, 9.17) is 0 Å². The summed E-state index contributed by atoms with van der Waals surface area (Å²) in [6, 6.07) is 8.88. The average molecular weight is 158 g/mol. The fraction of sp³-hybridized carbons (Fsp3) is 0.333. The lowest BCUT2D eigenvalue weighted by Gasteiger charge is -2.07. The van der Waals surface area contributed by atoms with Crippen LogP contribution in [0.1, 0.15) is 29.9 Å². The Hall–Kier alpha value is -1.04. The number of aryl methyl sites for hydroxylation is 1. The number of benzene rings is 1. The van der Waals surface area contributed by atoms with Crippen LogP contribution in [0.3, 0.4) is 0 Å². The molecule has 0 fully saturated rings. The van der Waals surface area contributed by atoms with Gasteiger partial charge in [-0.3, -0.25) is 0 Å². The first-order valence-electron chi connectivity index (χ1n) is 4.59. The third kappa shape index (κ3) is 1.42. The Kier molecular flexibility index (Phi) is 1.99. The molecule has 0 nitrogen and oxygen atoms in total. The lowest BCUT2D eigenvalue weighted by molar-refractivity contribution is 0.800. The van der Waals surface area contributed by atoms with E-state index in [-0.39, 0.29) is 0 Å². The van der Waals surface area contributed by atoms with Crippen LogP contribution in [-0.2, 0) is 0 Å². The van der Waals surface area contributed by atoms with E-state index in [9.17, 15) is 0 Å². The fourth-order valence-corrected chi connectivity index (χ4v) is 1.72. The molecule has 62 valence electrons. The molecule has 0 aromatic heterocycles. The van der Waals surface area contributed by atoms with Crippen LogP contribution in [0.4, 0.5) is 0 Å². The zero-order valence-electron chi connectivity index (χ0n) is 7.46. The van der Waals surface area contributed by atoms with Crippen molar-refractivity contribution in [1.29, 1.82) is 0 Å². The van der Waals surface area contributed by atoms with Gasteiger partial charge in [0.05, 0.1) is 0 Å². The average Bonchev–Trinajstić information content (AvgIpc) is 2.58. The maximum atomic E-state index is 2.32. The van der Waals surface area contributed by atoms with Crippen LogP contribution >= 0.6 is 0 Å². The van der Waals surface area contributed by atoms with E-state index in [1.807, 2.05) is 0 Å². The van der Waals surface area contributed by atoms with Gasteiger partial charge in [-0.25, -0.2) is 0 Å². The maximum absolute atomic E-state index is 2.32. The third-order valence-corrected chi connectivity index (χ3v) is 2.52. The zero-order chi connectivity index (χ0) is 8.39. The molecule has 1 atom stereocenters. The van der Waals surface area contributed by atoms with Gasteiger partial charge in [0, 0.05) is 5.92 Å². The molecule has 0 heteroatoms. The van der Waals surface area contributed by atoms with Crippen LogP contribution in [0, 0.1) is 6.92 Å². The molecule has 0 bridgehead atoms. The first-order chi connectivity index (χ1) is 5.86. The van der Waals surface area contributed by atoms with Gasteiger partial charge in [-0.1, -0.05) is 42.0 Å². The van der Waals surface area contributed by atoms with Gasteiger partial charge in [0.1, 0.15) is 0 Å². The van der Waals surface area contributed by atoms with Crippen LogP contribution in [0.5, 0.6) is 0 Å². The SMILES string of the molecule is Cc1ccc(C2C=CCC2)cc1. The highest BCUT2D eigenvalue weighted by atomic mass is 14.1. The van der Waals surface area contributed by atoms with Crippen molar-refractivity contribution in [2.45, 2.75) is 25.7 Å². The minimum absolute atomic E-state index is 0.686. The monoisotopic (exact) mass is 158 g/mol. The smallest absolute Gasteiger partial charge is 0.00209 e. The summed E-state index contributed by atoms with van der Waals surface area (Å²) in [6.45, 7) is 2.13. The second kappa shape index (κ2) is 3.14. The number of hydrogen-bond donors (Lipinski definition) is 0. The minimum atomic E-state index is 0.686. The zero-order valence-corrected chi connectivity index (χ0v) is 7.46. The van der Waals surface area contributed by atoms with E-state index >= 15 is 0 Å². The Bertz CT molecular complexity index is 279. The van der Waals surface area contributed by atoms with Crippen molar-refractivity contribution in [1.82, 2.24) is 0 Å². The van der Waals surface area contributed by atoms with E-state index in [2.05, 4.69) is 43.3 Å². The van der Waals surface area contributed by atoms with Gasteiger partial charge in [0.15, 0.2) is 0 Å². The van der Waals surface area contributed by atoms with E-state index in [1.54, 1.807) is 0 Å². The lowest BCUT2D eigenvalue weighted by atomic mass is 9.98. The molecule has 0 N–H and O–H groups in total. The first kappa shape index (κ1) is 7.60. The molecule has 1 aliphatic carbocycles. The lowest BCUT2D eigenvalue weighted by Crippen LogP contribution is -1.89. The topological polar surface area (TPSA) is 0 Å². The Morgan fingerprint density at radius 3 is 2.50 bits per heavy atom. The van der Waals surface area contributed by atoms with Crippen molar-refractivity contribution in [2.24, 2.45) is 0 Å². The number of hydrogen-bond acceptors (Lipinski definition) is 0. The normalized spacial score (nSPS) is 21.6. The molecule has 0 spiro atoms. The fourth-order valence-electron chi connectivity index (χ4n) is 1.72. The van der Waals surface area contributed by atoms with Crippen molar-refractivity contribution in [3.8, 4) is 0 Å². The summed E-state index contributed by atoms with van der Waals surface area (Å²) in [7, 11) is 0. The van der Waals surface area contributed by atoms with Gasteiger partial charge in [-0.05, 0) is 25.3 Å². The van der Waals surface area contributed by atoms with Crippen LogP contribution in [-0.4, -0.2) is 0 Å². The van der Waals surface area contributed by atoms with Gasteiger partial charge in [0.2, 0.25) is 0 Å². The molecular formula is C12H14. The molecule has 1 aliphatic rings. The standard InChI is InChI=1S/C12H14/c1-10-6-8-12(9-7-10)11-4-2-3-5-11/h2,4,6-9,11H,3,5H2,1H3. The molecule has 1 unspecified atom stereocenters. The first-order valence-corrected chi connectivity index (χ1v) is 4.59. The molecule has 0 heterocycles. The van der Waals surface area contributed by atoms with Crippen LogP contribution in [0.15, 0.2) is 36.4 Å². The van der Waals surface area contributed by atoms with E-state index in [0.717, 1.165) is 0 Å². The van der Waals surface area contributed by atoms with Crippen molar-refractivity contribution in [3.63, 3.8) is 0 Å². The molecule has 12 heavy (non-hydrogen) atoms.